The first-order chi connectivity index (χ1) is 11.7. The molecule has 0 fully saturated rings. The lowest BCUT2D eigenvalue weighted by Gasteiger charge is -2.06. The van der Waals surface area contributed by atoms with Crippen LogP contribution in [0.2, 0.25) is 0 Å². The van der Waals surface area contributed by atoms with Gasteiger partial charge in [-0.2, -0.15) is 5.10 Å². The van der Waals surface area contributed by atoms with Gasteiger partial charge in [-0.25, -0.2) is 4.68 Å². The van der Waals surface area contributed by atoms with Gasteiger partial charge in [0.2, 0.25) is 0 Å². The van der Waals surface area contributed by atoms with E-state index in [0.29, 0.717) is 0 Å². The van der Waals surface area contributed by atoms with E-state index >= 15 is 0 Å². The maximum Gasteiger partial charge on any atom is 0.133 e. The van der Waals surface area contributed by atoms with Crippen LogP contribution in [0.5, 0.6) is 5.75 Å². The molecule has 2 aromatic carbocycles. The van der Waals surface area contributed by atoms with Crippen molar-refractivity contribution in [1.29, 1.82) is 0 Å². The van der Waals surface area contributed by atoms with E-state index in [1.165, 1.54) is 11.1 Å². The van der Waals surface area contributed by atoms with Gasteiger partial charge in [0.25, 0.3) is 0 Å². The van der Waals surface area contributed by atoms with Crippen molar-refractivity contribution in [3.63, 3.8) is 0 Å². The Bertz CT molecular complexity index is 871. The third-order valence-electron chi connectivity index (χ3n) is 4.32. The molecule has 0 saturated heterocycles. The van der Waals surface area contributed by atoms with Crippen LogP contribution in [-0.4, -0.2) is 23.4 Å². The molecule has 1 aliphatic heterocycles. The molecule has 0 unspecified atom stereocenters. The van der Waals surface area contributed by atoms with Crippen LogP contribution in [0.25, 0.3) is 5.69 Å². The molecular weight excluding hydrogens is 366 g/mol. The zero-order valence-electron chi connectivity index (χ0n) is 13.4. The summed E-state index contributed by atoms with van der Waals surface area (Å²) in [6.07, 6.45) is 1.85. The van der Waals surface area contributed by atoms with Crippen molar-refractivity contribution in [3.05, 3.63) is 69.8 Å². The lowest BCUT2D eigenvalue weighted by atomic mass is 10.1. The third-order valence-corrected chi connectivity index (χ3v) is 4.81. The average molecular weight is 384 g/mol. The Hall–Kier alpha value is -2.27. The van der Waals surface area contributed by atoms with E-state index in [1.54, 1.807) is 7.11 Å². The predicted octanol–water partition coefficient (Wildman–Crippen LogP) is 4.20. The fourth-order valence-electron chi connectivity index (χ4n) is 3.12. The van der Waals surface area contributed by atoms with Crippen molar-refractivity contribution in [1.82, 2.24) is 9.78 Å². The summed E-state index contributed by atoms with van der Waals surface area (Å²) in [5.74, 6) is 2.00. The van der Waals surface area contributed by atoms with Crippen molar-refractivity contribution < 1.29 is 4.74 Å². The van der Waals surface area contributed by atoms with E-state index in [-0.39, 0.29) is 0 Å². The minimum absolute atomic E-state index is 0.828. The minimum Gasteiger partial charge on any atom is -0.497 e. The molecule has 0 amide bonds. The van der Waals surface area contributed by atoms with E-state index in [9.17, 15) is 0 Å². The zero-order valence-corrected chi connectivity index (χ0v) is 15.0. The van der Waals surface area contributed by atoms with E-state index in [4.69, 9.17) is 9.84 Å². The summed E-state index contributed by atoms with van der Waals surface area (Å²) in [4.78, 5) is 0. The monoisotopic (exact) mass is 383 g/mol. The van der Waals surface area contributed by atoms with Crippen molar-refractivity contribution in [2.24, 2.45) is 0 Å². The molecule has 1 aromatic heterocycles. The Balaban J connectivity index is 1.70. The standard InChI is InChI=1S/C19H18BrN3O/c1-24-16-7-5-13(6-8-16)11-18-17-9-10-21-19(17)23(22-18)15-4-2-3-14(20)12-15/h2-8,12,21H,9-11H2,1H3. The molecular formula is C19H18BrN3O. The van der Waals surface area contributed by atoms with Crippen LogP contribution in [0.3, 0.4) is 0 Å². The van der Waals surface area contributed by atoms with Crippen LogP contribution in [0, 0.1) is 0 Å². The molecule has 0 spiro atoms. The highest BCUT2D eigenvalue weighted by atomic mass is 79.9. The Labute approximate surface area is 149 Å². The molecule has 5 heteroatoms. The van der Waals surface area contributed by atoms with Crippen molar-refractivity contribution >= 4 is 21.7 Å². The van der Waals surface area contributed by atoms with Crippen LogP contribution < -0.4 is 10.1 Å². The molecule has 0 aliphatic carbocycles. The highest BCUT2D eigenvalue weighted by Crippen LogP contribution is 2.30. The highest BCUT2D eigenvalue weighted by molar-refractivity contribution is 9.10. The fraction of sp³-hybridized carbons (Fsp3) is 0.211. The van der Waals surface area contributed by atoms with E-state index in [0.717, 1.165) is 46.8 Å². The second-order valence-corrected chi connectivity index (χ2v) is 6.78. The van der Waals surface area contributed by atoms with Gasteiger partial charge in [0.05, 0.1) is 18.5 Å². The molecule has 24 heavy (non-hydrogen) atoms. The molecule has 0 saturated carbocycles. The van der Waals surface area contributed by atoms with Gasteiger partial charge in [0, 0.05) is 23.0 Å². The number of ether oxygens (including phenoxy) is 1. The molecule has 4 rings (SSSR count). The third kappa shape index (κ3) is 2.80. The normalized spacial score (nSPS) is 12.8. The van der Waals surface area contributed by atoms with Crippen molar-refractivity contribution in [2.45, 2.75) is 12.8 Å². The molecule has 0 bridgehead atoms. The molecule has 2 heterocycles. The van der Waals surface area contributed by atoms with Gasteiger partial charge in [-0.05, 0) is 42.3 Å². The largest absolute Gasteiger partial charge is 0.497 e. The SMILES string of the molecule is COc1ccc(Cc2nn(-c3cccc(Br)c3)c3c2CCN3)cc1. The van der Waals surface area contributed by atoms with E-state index < -0.39 is 0 Å². The summed E-state index contributed by atoms with van der Waals surface area (Å²) >= 11 is 3.54. The Kier molecular flexibility index (Phi) is 4.02. The number of nitrogens with zero attached hydrogens (tertiary/aromatic N) is 2. The zero-order chi connectivity index (χ0) is 16.5. The van der Waals surface area contributed by atoms with Crippen LogP contribution >= 0.6 is 15.9 Å². The van der Waals surface area contributed by atoms with Gasteiger partial charge < -0.3 is 10.1 Å². The second-order valence-electron chi connectivity index (χ2n) is 5.87. The number of benzene rings is 2. The predicted molar refractivity (Wildman–Crippen MR) is 99.3 cm³/mol. The Morgan fingerprint density at radius 1 is 1.21 bits per heavy atom. The Morgan fingerprint density at radius 2 is 2.04 bits per heavy atom. The van der Waals surface area contributed by atoms with Crippen LogP contribution in [0.1, 0.15) is 16.8 Å². The maximum absolute atomic E-state index is 5.23. The fourth-order valence-corrected chi connectivity index (χ4v) is 3.51. The first-order valence-corrected chi connectivity index (χ1v) is 8.77. The van der Waals surface area contributed by atoms with Gasteiger partial charge in [0.15, 0.2) is 0 Å². The quantitative estimate of drug-likeness (QED) is 0.733. The lowest BCUT2D eigenvalue weighted by Crippen LogP contribution is -2.05. The number of halogens is 1. The lowest BCUT2D eigenvalue weighted by molar-refractivity contribution is 0.414. The number of aromatic nitrogens is 2. The van der Waals surface area contributed by atoms with Gasteiger partial charge >= 0.3 is 0 Å². The summed E-state index contributed by atoms with van der Waals surface area (Å²) in [5.41, 5.74) is 4.77. The van der Waals surface area contributed by atoms with Crippen LogP contribution in [-0.2, 0) is 12.8 Å². The summed E-state index contributed by atoms with van der Waals surface area (Å²) in [6.45, 7) is 0.969. The number of rotatable bonds is 4. The Morgan fingerprint density at radius 3 is 2.79 bits per heavy atom. The highest BCUT2D eigenvalue weighted by Gasteiger charge is 2.23. The number of hydrogen-bond donors (Lipinski definition) is 1. The molecule has 4 nitrogen and oxygen atoms in total. The summed E-state index contributed by atoms with van der Waals surface area (Å²) in [5, 5.41) is 8.36. The van der Waals surface area contributed by atoms with Crippen LogP contribution in [0.15, 0.2) is 53.0 Å². The topological polar surface area (TPSA) is 39.1 Å². The minimum atomic E-state index is 0.828. The number of methoxy groups -OCH3 is 1. The first-order valence-electron chi connectivity index (χ1n) is 7.98. The smallest absolute Gasteiger partial charge is 0.133 e. The van der Waals surface area contributed by atoms with E-state index in [2.05, 4.69) is 45.5 Å². The second kappa shape index (κ2) is 6.32. The molecule has 3 aromatic rings. The first kappa shape index (κ1) is 15.3. The molecule has 122 valence electrons. The van der Waals surface area contributed by atoms with Gasteiger partial charge in [0.1, 0.15) is 11.6 Å². The molecule has 0 atom stereocenters. The van der Waals surface area contributed by atoms with Gasteiger partial charge in [-0.15, -0.1) is 0 Å². The van der Waals surface area contributed by atoms with Gasteiger partial charge in [-0.1, -0.05) is 34.1 Å². The number of nitrogens with one attached hydrogen (secondary N) is 1. The maximum atomic E-state index is 5.23. The number of hydrogen-bond acceptors (Lipinski definition) is 3. The average Bonchev–Trinajstić information content (AvgIpc) is 3.19. The molecule has 1 N–H and O–H groups in total. The molecule has 0 radical (unpaired) electrons. The number of fused-ring (bicyclic) bond motifs is 1. The van der Waals surface area contributed by atoms with Crippen LogP contribution in [0.4, 0.5) is 5.82 Å². The summed E-state index contributed by atoms with van der Waals surface area (Å²) in [7, 11) is 1.69. The summed E-state index contributed by atoms with van der Waals surface area (Å²) in [6, 6.07) is 16.4. The van der Waals surface area contributed by atoms with Crippen molar-refractivity contribution in [2.75, 3.05) is 19.0 Å². The number of anilines is 1. The van der Waals surface area contributed by atoms with E-state index in [1.807, 2.05) is 28.9 Å². The summed E-state index contributed by atoms with van der Waals surface area (Å²) < 4.78 is 8.31. The van der Waals surface area contributed by atoms with Gasteiger partial charge in [-0.3, -0.25) is 0 Å². The van der Waals surface area contributed by atoms with Crippen molar-refractivity contribution in [3.8, 4) is 11.4 Å². The molecule has 1 aliphatic rings.